The van der Waals surface area contributed by atoms with Crippen molar-refractivity contribution in [2.24, 2.45) is 5.92 Å². The summed E-state index contributed by atoms with van der Waals surface area (Å²) in [7, 11) is 4.43. The van der Waals surface area contributed by atoms with E-state index in [1.165, 1.54) is 78.5 Å². The predicted molar refractivity (Wildman–Crippen MR) is 204 cm³/mol. The molecule has 49 heavy (non-hydrogen) atoms. The summed E-state index contributed by atoms with van der Waals surface area (Å²) in [5.41, 5.74) is 20.5. The van der Waals surface area contributed by atoms with Crippen LogP contribution in [0.15, 0.2) is 66.8 Å². The summed E-state index contributed by atoms with van der Waals surface area (Å²) in [5.74, 6) is 1.07. The van der Waals surface area contributed by atoms with E-state index in [-0.39, 0.29) is 12.3 Å². The molecule has 0 saturated heterocycles. The molecule has 0 radical (unpaired) electrons. The van der Waals surface area contributed by atoms with Crippen LogP contribution in [0.4, 0.5) is 11.4 Å². The van der Waals surface area contributed by atoms with Crippen LogP contribution in [-0.2, 0) is 6.42 Å². The second-order valence-corrected chi connectivity index (χ2v) is 15.5. The summed E-state index contributed by atoms with van der Waals surface area (Å²) < 4.78 is 0. The lowest BCUT2D eigenvalue weighted by Gasteiger charge is -2.38. The molecule has 0 spiro atoms. The molecule has 6 heterocycles. The summed E-state index contributed by atoms with van der Waals surface area (Å²) in [6.45, 7) is 20.8. The molecule has 2 atom stereocenters. The third-order valence-electron chi connectivity index (χ3n) is 11.5. The van der Waals surface area contributed by atoms with E-state index in [2.05, 4.69) is 151 Å². The number of aryl methyl sites for hydroxylation is 1. The number of aromatic nitrogens is 2. The highest BCUT2D eigenvalue weighted by Gasteiger charge is 2.44. The zero-order valence-electron chi connectivity index (χ0n) is 31.1. The van der Waals surface area contributed by atoms with E-state index >= 15 is 0 Å². The van der Waals surface area contributed by atoms with E-state index < -0.39 is 0 Å². The third-order valence-corrected chi connectivity index (χ3v) is 11.5. The third kappa shape index (κ3) is 4.38. The van der Waals surface area contributed by atoms with Gasteiger partial charge < -0.3 is 19.6 Å². The fourth-order valence-corrected chi connectivity index (χ4v) is 9.14. The molecule has 6 heteroatoms. The minimum absolute atomic E-state index is 0.183. The van der Waals surface area contributed by atoms with Crippen molar-refractivity contribution in [3.05, 3.63) is 106 Å². The van der Waals surface area contributed by atoms with Crippen LogP contribution in [0.1, 0.15) is 106 Å². The molecule has 252 valence electrons. The SMILES string of the molecule is Cc1cccc2c1N1C(=C(C(C)C)N(C)[C@@H]1C)c1ncc(Cc3ccnc4c3N3C(=CN(C)[C@@H]3C)c3cccc(C(C)C)c3-4)c(C(C)C)c1-2. The van der Waals surface area contributed by atoms with Gasteiger partial charge in [-0.05, 0) is 72.4 Å². The number of anilines is 2. The van der Waals surface area contributed by atoms with Gasteiger partial charge in [-0.2, -0.15) is 0 Å². The highest BCUT2D eigenvalue weighted by molar-refractivity contribution is 6.03. The summed E-state index contributed by atoms with van der Waals surface area (Å²) >= 11 is 0. The Hall–Kier alpha value is -4.58. The summed E-state index contributed by atoms with van der Waals surface area (Å²) in [4.78, 5) is 20.5. The number of fused-ring (bicyclic) bond motifs is 12. The van der Waals surface area contributed by atoms with Crippen LogP contribution in [-0.4, -0.2) is 46.2 Å². The normalized spacial score (nSPS) is 19.0. The monoisotopic (exact) mass is 650 g/mol. The van der Waals surface area contributed by atoms with Gasteiger partial charge in [-0.3, -0.25) is 9.97 Å². The first-order valence-corrected chi connectivity index (χ1v) is 18.1. The zero-order chi connectivity index (χ0) is 34.6. The lowest BCUT2D eigenvalue weighted by atomic mass is 9.81. The number of allylic oxidation sites excluding steroid dienone is 1. The second-order valence-electron chi connectivity index (χ2n) is 15.5. The minimum Gasteiger partial charge on any atom is -0.358 e. The molecule has 4 aliphatic heterocycles. The first kappa shape index (κ1) is 31.7. The Bertz CT molecular complexity index is 2080. The molecule has 4 aromatic rings. The van der Waals surface area contributed by atoms with Crippen LogP contribution in [0.5, 0.6) is 0 Å². The van der Waals surface area contributed by atoms with Crippen LogP contribution in [0.2, 0.25) is 0 Å². The lowest BCUT2D eigenvalue weighted by molar-refractivity contribution is 0.328. The van der Waals surface area contributed by atoms with Gasteiger partial charge in [-0.25, -0.2) is 0 Å². The number of hydrogen-bond acceptors (Lipinski definition) is 6. The van der Waals surface area contributed by atoms with Crippen LogP contribution in [0.3, 0.4) is 0 Å². The average Bonchev–Trinajstić information content (AvgIpc) is 3.51. The standard InChI is InChI=1S/C43H50N6/c1-23(2)31-15-13-16-32-34-22-46(10)27(8)48(34)42-29(18-19-44-38(42)36(31)32)20-30-21-45-39-37(35(30)24(3)4)33-17-12-14-26(7)41(33)49-28(9)47(11)40(25(5)6)43(39)49/h12-19,21-25,27-28H,20H2,1-11H3/t27-,28-/m0/s1. The van der Waals surface area contributed by atoms with Crippen molar-refractivity contribution in [2.45, 2.75) is 92.9 Å². The number of rotatable bonds is 5. The number of para-hydroxylation sites is 1. The highest BCUT2D eigenvalue weighted by Crippen LogP contribution is 2.55. The smallest absolute Gasteiger partial charge is 0.103 e. The Morgan fingerprint density at radius 3 is 2.16 bits per heavy atom. The fourth-order valence-electron chi connectivity index (χ4n) is 9.14. The maximum atomic E-state index is 5.43. The molecule has 0 N–H and O–H groups in total. The Kier molecular flexibility index (Phi) is 7.26. The summed E-state index contributed by atoms with van der Waals surface area (Å²) in [6.07, 6.45) is 7.73. The van der Waals surface area contributed by atoms with Crippen molar-refractivity contribution in [1.82, 2.24) is 19.8 Å². The fraction of sp³-hybridized carbons (Fsp3) is 0.395. The number of hydrogen-bond donors (Lipinski definition) is 0. The van der Waals surface area contributed by atoms with Crippen molar-refractivity contribution >= 4 is 22.8 Å². The number of benzene rings is 2. The van der Waals surface area contributed by atoms with Crippen LogP contribution in [0.25, 0.3) is 33.8 Å². The van der Waals surface area contributed by atoms with Gasteiger partial charge in [0, 0.05) is 67.1 Å². The van der Waals surface area contributed by atoms with Gasteiger partial charge in [-0.15, -0.1) is 0 Å². The topological polar surface area (TPSA) is 38.7 Å². The Morgan fingerprint density at radius 1 is 0.714 bits per heavy atom. The average molecular weight is 651 g/mol. The first-order valence-electron chi connectivity index (χ1n) is 18.1. The van der Waals surface area contributed by atoms with E-state index in [0.29, 0.717) is 17.8 Å². The van der Waals surface area contributed by atoms with Crippen molar-refractivity contribution in [1.29, 1.82) is 0 Å². The maximum Gasteiger partial charge on any atom is 0.103 e. The van der Waals surface area contributed by atoms with Crippen LogP contribution >= 0.6 is 0 Å². The van der Waals surface area contributed by atoms with Gasteiger partial charge in [-0.1, -0.05) is 77.9 Å². The summed E-state index contributed by atoms with van der Waals surface area (Å²) in [5, 5.41) is 0. The van der Waals surface area contributed by atoms with Crippen LogP contribution in [0, 0.1) is 12.8 Å². The lowest BCUT2D eigenvalue weighted by Crippen LogP contribution is -2.38. The van der Waals surface area contributed by atoms with Gasteiger partial charge in [0.1, 0.15) is 12.3 Å². The van der Waals surface area contributed by atoms with E-state index in [4.69, 9.17) is 9.97 Å². The Morgan fingerprint density at radius 2 is 1.45 bits per heavy atom. The Balaban J connectivity index is 1.37. The molecular weight excluding hydrogens is 601 g/mol. The van der Waals surface area contributed by atoms with E-state index in [0.717, 1.165) is 17.8 Å². The molecule has 0 bridgehead atoms. The summed E-state index contributed by atoms with van der Waals surface area (Å²) in [6, 6.07) is 15.8. The molecule has 2 aromatic carbocycles. The van der Waals surface area contributed by atoms with E-state index in [9.17, 15) is 0 Å². The molecule has 0 unspecified atom stereocenters. The molecule has 6 nitrogen and oxygen atoms in total. The molecule has 4 aliphatic rings. The predicted octanol–water partition coefficient (Wildman–Crippen LogP) is 9.80. The molecule has 0 amide bonds. The number of nitrogens with zero attached hydrogens (tertiary/aromatic N) is 6. The highest BCUT2D eigenvalue weighted by atomic mass is 15.4. The molecule has 2 aromatic heterocycles. The molecule has 0 fully saturated rings. The van der Waals surface area contributed by atoms with Gasteiger partial charge in [0.05, 0.1) is 34.2 Å². The van der Waals surface area contributed by atoms with Gasteiger partial charge in [0.2, 0.25) is 0 Å². The van der Waals surface area contributed by atoms with Gasteiger partial charge in [0.25, 0.3) is 0 Å². The van der Waals surface area contributed by atoms with Crippen LogP contribution < -0.4 is 9.80 Å². The molecule has 0 aliphatic carbocycles. The minimum atomic E-state index is 0.183. The van der Waals surface area contributed by atoms with Crippen molar-refractivity contribution < 1.29 is 0 Å². The molecule has 8 rings (SSSR count). The second kappa shape index (κ2) is 11.2. The number of pyridine rings is 2. The molecule has 0 saturated carbocycles. The van der Waals surface area contributed by atoms with Crippen molar-refractivity contribution in [2.75, 3.05) is 23.9 Å². The zero-order valence-corrected chi connectivity index (χ0v) is 31.1. The van der Waals surface area contributed by atoms with Crippen molar-refractivity contribution in [3.8, 4) is 22.4 Å². The Labute approximate surface area is 292 Å². The largest absolute Gasteiger partial charge is 0.358 e. The van der Waals surface area contributed by atoms with E-state index in [1.54, 1.807) is 0 Å². The van der Waals surface area contributed by atoms with Gasteiger partial charge in [0.15, 0.2) is 0 Å². The maximum absolute atomic E-state index is 5.43. The first-order chi connectivity index (χ1) is 23.4. The van der Waals surface area contributed by atoms with E-state index in [1.807, 2.05) is 6.20 Å². The quantitative estimate of drug-likeness (QED) is 0.214. The van der Waals surface area contributed by atoms with Crippen molar-refractivity contribution in [3.63, 3.8) is 0 Å². The molecular formula is C43H50N6. The van der Waals surface area contributed by atoms with Gasteiger partial charge >= 0.3 is 0 Å².